The van der Waals surface area contributed by atoms with Crippen LogP contribution in [0.25, 0.3) is 0 Å². The number of aromatic nitrogens is 2. The van der Waals surface area contributed by atoms with Crippen molar-refractivity contribution in [2.24, 2.45) is 0 Å². The van der Waals surface area contributed by atoms with E-state index in [2.05, 4.69) is 10.2 Å². The number of hydrogen-bond acceptors (Lipinski definition) is 6. The smallest absolute Gasteiger partial charge is 0.318 e. The molecule has 4 heterocycles. The van der Waals surface area contributed by atoms with Crippen LogP contribution in [0.1, 0.15) is 48.4 Å². The summed E-state index contributed by atoms with van der Waals surface area (Å²) >= 11 is 0. The maximum atomic E-state index is 12.7. The van der Waals surface area contributed by atoms with Crippen LogP contribution in [0.5, 0.6) is 0 Å². The molecule has 2 atom stereocenters. The highest BCUT2D eigenvalue weighted by Crippen LogP contribution is 2.39. The van der Waals surface area contributed by atoms with Crippen LogP contribution in [0, 0.1) is 0 Å². The Morgan fingerprint density at radius 3 is 2.60 bits per heavy atom. The first-order valence-electron chi connectivity index (χ1n) is 8.24. The van der Waals surface area contributed by atoms with Gasteiger partial charge in [0.25, 0.3) is 11.8 Å². The van der Waals surface area contributed by atoms with Gasteiger partial charge in [-0.25, -0.2) is 0 Å². The Morgan fingerprint density at radius 1 is 1.32 bits per heavy atom. The lowest BCUT2D eigenvalue weighted by molar-refractivity contribution is 0.0569. The summed E-state index contributed by atoms with van der Waals surface area (Å²) in [5.41, 5.74) is 0.558. The minimum absolute atomic E-state index is 0.0138. The summed E-state index contributed by atoms with van der Waals surface area (Å²) in [6, 6.07) is 2.06. The van der Waals surface area contributed by atoms with Gasteiger partial charge in [-0.1, -0.05) is 5.10 Å². The SMILES string of the molecule is CN(c1nnc(C(F)F)o1)C1CC2CCC(C1)N2C(=O)c1ccoc1. The fraction of sp³-hybridized carbons (Fsp3) is 0.562. The van der Waals surface area contributed by atoms with Crippen LogP contribution in [0.4, 0.5) is 14.8 Å². The van der Waals surface area contributed by atoms with Crippen molar-refractivity contribution >= 4 is 11.9 Å². The van der Waals surface area contributed by atoms with E-state index >= 15 is 0 Å². The zero-order chi connectivity index (χ0) is 17.6. The van der Waals surface area contributed by atoms with Gasteiger partial charge in [-0.05, 0) is 31.7 Å². The highest BCUT2D eigenvalue weighted by Gasteiger charge is 2.45. The molecule has 9 heteroatoms. The van der Waals surface area contributed by atoms with E-state index in [-0.39, 0.29) is 30.0 Å². The van der Waals surface area contributed by atoms with Crippen LogP contribution >= 0.6 is 0 Å². The van der Waals surface area contributed by atoms with Crippen molar-refractivity contribution in [1.29, 1.82) is 0 Å². The van der Waals surface area contributed by atoms with Gasteiger partial charge >= 0.3 is 12.4 Å². The van der Waals surface area contributed by atoms with Gasteiger partial charge in [-0.2, -0.15) is 8.78 Å². The van der Waals surface area contributed by atoms with Crippen LogP contribution in [0.3, 0.4) is 0 Å². The standard InChI is InChI=1S/C16H18F2N4O3/c1-21(16-20-19-14(25-16)13(17)18)12-6-10-2-3-11(7-12)22(10)15(23)9-4-5-24-8-9/h4-5,8,10-13H,2-3,6-7H2,1H3. The van der Waals surface area contributed by atoms with E-state index < -0.39 is 12.3 Å². The Morgan fingerprint density at radius 2 is 2.04 bits per heavy atom. The minimum Gasteiger partial charge on any atom is -0.472 e. The number of halogens is 2. The molecule has 1 amide bonds. The Hall–Kier alpha value is -2.45. The van der Waals surface area contributed by atoms with Gasteiger partial charge in [0.15, 0.2) is 0 Å². The van der Waals surface area contributed by atoms with E-state index in [1.54, 1.807) is 18.0 Å². The quantitative estimate of drug-likeness (QED) is 0.842. The Balaban J connectivity index is 1.48. The second kappa shape index (κ2) is 6.12. The third kappa shape index (κ3) is 2.77. The summed E-state index contributed by atoms with van der Waals surface area (Å²) in [6.07, 6.45) is 3.53. The highest BCUT2D eigenvalue weighted by molar-refractivity contribution is 5.94. The van der Waals surface area contributed by atoms with E-state index in [1.165, 1.54) is 12.5 Å². The number of alkyl halides is 2. The molecule has 2 unspecified atom stereocenters. The lowest BCUT2D eigenvalue weighted by Crippen LogP contribution is -2.52. The third-order valence-corrected chi connectivity index (χ3v) is 5.18. The van der Waals surface area contributed by atoms with Crippen molar-refractivity contribution < 1.29 is 22.4 Å². The topological polar surface area (TPSA) is 75.6 Å². The molecule has 2 aliphatic heterocycles. The number of carbonyl (C=O) groups excluding carboxylic acids is 1. The van der Waals surface area contributed by atoms with Crippen LogP contribution in [-0.4, -0.2) is 46.2 Å². The second-order valence-electron chi connectivity index (χ2n) is 6.57. The Bertz CT molecular complexity index is 734. The summed E-state index contributed by atoms with van der Waals surface area (Å²) in [7, 11) is 1.76. The molecule has 134 valence electrons. The van der Waals surface area contributed by atoms with Crippen molar-refractivity contribution in [2.75, 3.05) is 11.9 Å². The number of nitrogens with zero attached hydrogens (tertiary/aromatic N) is 4. The molecular weight excluding hydrogens is 334 g/mol. The summed E-state index contributed by atoms with van der Waals surface area (Å²) < 4.78 is 35.3. The number of furan rings is 1. The number of anilines is 1. The molecule has 25 heavy (non-hydrogen) atoms. The number of fused-ring (bicyclic) bond motifs is 2. The largest absolute Gasteiger partial charge is 0.472 e. The molecule has 2 bridgehead atoms. The van der Waals surface area contributed by atoms with E-state index in [1.807, 2.05) is 4.90 Å². The van der Waals surface area contributed by atoms with Gasteiger partial charge in [0.2, 0.25) is 0 Å². The molecule has 2 fully saturated rings. The average Bonchev–Trinajstić information content (AvgIpc) is 3.33. The van der Waals surface area contributed by atoms with Gasteiger partial charge in [0, 0.05) is 25.2 Å². The number of carbonyl (C=O) groups is 1. The van der Waals surface area contributed by atoms with Gasteiger partial charge in [0.05, 0.1) is 11.8 Å². The highest BCUT2D eigenvalue weighted by atomic mass is 19.3. The van der Waals surface area contributed by atoms with Crippen molar-refractivity contribution in [3.63, 3.8) is 0 Å². The van der Waals surface area contributed by atoms with Gasteiger partial charge in [-0.15, -0.1) is 5.10 Å². The van der Waals surface area contributed by atoms with Gasteiger partial charge in [-0.3, -0.25) is 4.79 Å². The molecular formula is C16H18F2N4O3. The van der Waals surface area contributed by atoms with Crippen molar-refractivity contribution in [3.05, 3.63) is 30.0 Å². The molecule has 2 saturated heterocycles. The fourth-order valence-corrected chi connectivity index (χ4v) is 3.94. The second-order valence-corrected chi connectivity index (χ2v) is 6.57. The van der Waals surface area contributed by atoms with Crippen LogP contribution in [0.15, 0.2) is 27.4 Å². The van der Waals surface area contributed by atoms with E-state index in [4.69, 9.17) is 8.83 Å². The average molecular weight is 352 g/mol. The van der Waals surface area contributed by atoms with E-state index in [0.29, 0.717) is 5.56 Å². The van der Waals surface area contributed by atoms with Crippen molar-refractivity contribution in [3.8, 4) is 0 Å². The molecule has 0 aromatic carbocycles. The molecule has 2 aromatic rings. The molecule has 0 aliphatic carbocycles. The van der Waals surface area contributed by atoms with Crippen LogP contribution in [-0.2, 0) is 0 Å². The maximum absolute atomic E-state index is 12.7. The van der Waals surface area contributed by atoms with Crippen LogP contribution < -0.4 is 4.90 Å². The molecule has 0 radical (unpaired) electrons. The Labute approximate surface area is 142 Å². The zero-order valence-corrected chi connectivity index (χ0v) is 13.6. The molecule has 7 nitrogen and oxygen atoms in total. The number of amides is 1. The van der Waals surface area contributed by atoms with Gasteiger partial charge < -0.3 is 18.6 Å². The van der Waals surface area contributed by atoms with E-state index in [0.717, 1.165) is 25.7 Å². The number of hydrogen-bond donors (Lipinski definition) is 0. The van der Waals surface area contributed by atoms with Gasteiger partial charge in [0.1, 0.15) is 6.26 Å². The predicted octanol–water partition coefficient (Wildman–Crippen LogP) is 2.87. The lowest BCUT2D eigenvalue weighted by Gasteiger charge is -2.41. The summed E-state index contributed by atoms with van der Waals surface area (Å²) in [5.74, 6) is -0.683. The molecule has 2 aromatic heterocycles. The number of piperidine rings is 1. The molecule has 0 spiro atoms. The monoisotopic (exact) mass is 352 g/mol. The van der Waals surface area contributed by atoms with Crippen molar-refractivity contribution in [2.45, 2.75) is 50.2 Å². The zero-order valence-electron chi connectivity index (χ0n) is 13.6. The third-order valence-electron chi connectivity index (χ3n) is 5.18. The maximum Gasteiger partial charge on any atom is 0.318 e. The first kappa shape index (κ1) is 16.0. The Kier molecular flexibility index (Phi) is 3.93. The lowest BCUT2D eigenvalue weighted by atomic mass is 9.95. The molecule has 2 aliphatic rings. The first-order chi connectivity index (χ1) is 12.0. The minimum atomic E-state index is -2.78. The van der Waals surface area contributed by atoms with Crippen LogP contribution in [0.2, 0.25) is 0 Å². The summed E-state index contributed by atoms with van der Waals surface area (Å²) in [4.78, 5) is 16.4. The number of rotatable bonds is 4. The normalized spacial score (nSPS) is 25.6. The van der Waals surface area contributed by atoms with Crippen molar-refractivity contribution in [1.82, 2.24) is 15.1 Å². The summed E-state index contributed by atoms with van der Waals surface area (Å²) in [5, 5.41) is 7.09. The first-order valence-corrected chi connectivity index (χ1v) is 8.24. The fourth-order valence-electron chi connectivity index (χ4n) is 3.94. The summed E-state index contributed by atoms with van der Waals surface area (Å²) in [6.45, 7) is 0. The molecule has 0 saturated carbocycles. The predicted molar refractivity (Wildman–Crippen MR) is 82.4 cm³/mol. The van der Waals surface area contributed by atoms with E-state index in [9.17, 15) is 13.6 Å². The molecule has 0 N–H and O–H groups in total. The molecule has 4 rings (SSSR count).